The number of rotatable bonds is 3. The maximum Gasteiger partial charge on any atom is 0.247 e. The summed E-state index contributed by atoms with van der Waals surface area (Å²) in [6.07, 6.45) is 2.92. The first-order valence-corrected chi connectivity index (χ1v) is 5.12. The second-order valence-corrected chi connectivity index (χ2v) is 3.53. The zero-order chi connectivity index (χ0) is 12.3. The van der Waals surface area contributed by atoms with Crippen LogP contribution in [0.15, 0.2) is 43.1 Å². The van der Waals surface area contributed by atoms with Gasteiger partial charge in [0.2, 0.25) is 5.91 Å². The van der Waals surface area contributed by atoms with Crippen LogP contribution >= 0.6 is 0 Å². The smallest absolute Gasteiger partial charge is 0.247 e. The molecule has 0 aliphatic carbocycles. The minimum absolute atomic E-state index is 0.227. The second-order valence-electron chi connectivity index (χ2n) is 3.53. The van der Waals surface area contributed by atoms with E-state index in [1.807, 2.05) is 19.1 Å². The van der Waals surface area contributed by atoms with E-state index in [-0.39, 0.29) is 5.91 Å². The summed E-state index contributed by atoms with van der Waals surface area (Å²) in [5.41, 5.74) is 2.57. The predicted octanol–water partition coefficient (Wildman–Crippen LogP) is 1.70. The molecule has 0 radical (unpaired) electrons. The van der Waals surface area contributed by atoms with E-state index in [0.717, 1.165) is 17.1 Å². The highest BCUT2D eigenvalue weighted by Crippen LogP contribution is 2.13. The van der Waals surface area contributed by atoms with Gasteiger partial charge in [-0.15, -0.1) is 5.10 Å². The molecule has 0 spiro atoms. The Bertz CT molecular complexity index is 542. The fourth-order valence-corrected chi connectivity index (χ4v) is 1.42. The second kappa shape index (κ2) is 4.61. The van der Waals surface area contributed by atoms with Crippen LogP contribution in [0.3, 0.4) is 0 Å². The van der Waals surface area contributed by atoms with Crippen molar-refractivity contribution in [3.8, 4) is 5.69 Å². The van der Waals surface area contributed by atoms with Crippen molar-refractivity contribution in [2.24, 2.45) is 0 Å². The van der Waals surface area contributed by atoms with Gasteiger partial charge >= 0.3 is 0 Å². The molecule has 0 aliphatic heterocycles. The van der Waals surface area contributed by atoms with E-state index >= 15 is 0 Å². The molecular formula is C12H12N4O. The summed E-state index contributed by atoms with van der Waals surface area (Å²) in [5, 5.41) is 10.4. The average Bonchev–Trinajstić information content (AvgIpc) is 2.76. The summed E-state index contributed by atoms with van der Waals surface area (Å²) in [5.74, 6) is -0.227. The molecule has 2 aromatic rings. The van der Waals surface area contributed by atoms with E-state index < -0.39 is 0 Å². The third kappa shape index (κ3) is 2.39. The molecule has 0 unspecified atom stereocenters. The number of benzene rings is 1. The van der Waals surface area contributed by atoms with Gasteiger partial charge in [-0.25, -0.2) is 4.68 Å². The van der Waals surface area contributed by atoms with Gasteiger partial charge in [0.25, 0.3) is 0 Å². The lowest BCUT2D eigenvalue weighted by atomic mass is 10.2. The molecule has 1 aromatic heterocycles. The molecule has 0 saturated carbocycles. The molecular weight excluding hydrogens is 216 g/mol. The van der Waals surface area contributed by atoms with Crippen LogP contribution in [0.2, 0.25) is 0 Å². The number of aromatic nitrogens is 3. The molecule has 0 fully saturated rings. The zero-order valence-electron chi connectivity index (χ0n) is 9.42. The van der Waals surface area contributed by atoms with Crippen molar-refractivity contribution in [3.05, 3.63) is 48.8 Å². The lowest BCUT2D eigenvalue weighted by Gasteiger charge is -2.05. The van der Waals surface area contributed by atoms with E-state index in [2.05, 4.69) is 22.2 Å². The van der Waals surface area contributed by atoms with E-state index in [0.29, 0.717) is 0 Å². The molecule has 0 atom stereocenters. The Kier molecular flexibility index (Phi) is 3.00. The number of carbonyl (C=O) groups is 1. The summed E-state index contributed by atoms with van der Waals surface area (Å²) >= 11 is 0. The van der Waals surface area contributed by atoms with Crippen molar-refractivity contribution in [1.82, 2.24) is 15.0 Å². The lowest BCUT2D eigenvalue weighted by Crippen LogP contribution is -2.07. The molecule has 5 heteroatoms. The first kappa shape index (κ1) is 11.1. The van der Waals surface area contributed by atoms with Crippen molar-refractivity contribution in [3.63, 3.8) is 0 Å². The summed E-state index contributed by atoms with van der Waals surface area (Å²) in [6, 6.07) is 7.33. The molecule has 86 valence electrons. The minimum Gasteiger partial charge on any atom is -0.323 e. The Morgan fingerprint density at radius 1 is 1.41 bits per heavy atom. The first-order valence-electron chi connectivity index (χ1n) is 5.12. The quantitative estimate of drug-likeness (QED) is 0.813. The van der Waals surface area contributed by atoms with Gasteiger partial charge in [-0.1, -0.05) is 11.8 Å². The number of nitrogens with zero attached hydrogens (tertiary/aromatic N) is 3. The highest BCUT2D eigenvalue weighted by atomic mass is 16.1. The molecule has 0 aliphatic rings. The van der Waals surface area contributed by atoms with E-state index in [9.17, 15) is 4.79 Å². The third-order valence-electron chi connectivity index (χ3n) is 2.28. The van der Waals surface area contributed by atoms with Crippen LogP contribution in [-0.4, -0.2) is 20.9 Å². The highest BCUT2D eigenvalue weighted by Gasteiger charge is 2.02. The monoisotopic (exact) mass is 228 g/mol. The third-order valence-corrected chi connectivity index (χ3v) is 2.28. The summed E-state index contributed by atoms with van der Waals surface area (Å²) in [4.78, 5) is 11.1. The Labute approximate surface area is 98.8 Å². The molecule has 1 amide bonds. The van der Waals surface area contributed by atoms with Gasteiger partial charge < -0.3 is 5.32 Å². The zero-order valence-corrected chi connectivity index (χ0v) is 9.42. The SMILES string of the molecule is C=CC(=O)Nc1ccc(-n2nncc2C)cc1. The standard InChI is InChI=1S/C12H12N4O/c1-3-12(17)14-10-4-6-11(7-5-10)16-9(2)8-13-15-16/h3-8H,1H2,2H3,(H,14,17). The van der Waals surface area contributed by atoms with E-state index in [1.54, 1.807) is 23.0 Å². The van der Waals surface area contributed by atoms with Gasteiger partial charge in [0.05, 0.1) is 17.6 Å². The van der Waals surface area contributed by atoms with Crippen molar-refractivity contribution in [1.29, 1.82) is 0 Å². The van der Waals surface area contributed by atoms with Crippen molar-refractivity contribution < 1.29 is 4.79 Å². The van der Waals surface area contributed by atoms with Crippen LogP contribution in [0.5, 0.6) is 0 Å². The van der Waals surface area contributed by atoms with Gasteiger partial charge in [-0.3, -0.25) is 4.79 Å². The molecule has 5 nitrogen and oxygen atoms in total. The van der Waals surface area contributed by atoms with Gasteiger partial charge in [-0.05, 0) is 37.3 Å². The summed E-state index contributed by atoms with van der Waals surface area (Å²) < 4.78 is 1.72. The lowest BCUT2D eigenvalue weighted by molar-refractivity contribution is -0.111. The number of hydrogen-bond donors (Lipinski definition) is 1. The topological polar surface area (TPSA) is 59.8 Å². The van der Waals surface area contributed by atoms with Gasteiger partial charge in [-0.2, -0.15) is 0 Å². The van der Waals surface area contributed by atoms with Crippen LogP contribution in [0, 0.1) is 6.92 Å². The number of nitrogens with one attached hydrogen (secondary N) is 1. The maximum absolute atomic E-state index is 11.1. The largest absolute Gasteiger partial charge is 0.323 e. The van der Waals surface area contributed by atoms with Gasteiger partial charge in [0.15, 0.2) is 0 Å². The maximum atomic E-state index is 11.1. The molecule has 1 N–H and O–H groups in total. The fourth-order valence-electron chi connectivity index (χ4n) is 1.42. The number of aryl methyl sites for hydroxylation is 1. The molecule has 1 aromatic carbocycles. The number of hydrogen-bond acceptors (Lipinski definition) is 3. The Hall–Kier alpha value is -2.43. The van der Waals surface area contributed by atoms with Gasteiger partial charge in [0.1, 0.15) is 0 Å². The Balaban J connectivity index is 2.21. The Morgan fingerprint density at radius 3 is 2.65 bits per heavy atom. The van der Waals surface area contributed by atoms with Crippen molar-refractivity contribution >= 4 is 11.6 Å². The Morgan fingerprint density at radius 2 is 2.12 bits per heavy atom. The normalized spacial score (nSPS) is 9.94. The van der Waals surface area contributed by atoms with Crippen molar-refractivity contribution in [2.75, 3.05) is 5.32 Å². The summed E-state index contributed by atoms with van der Waals surface area (Å²) in [6.45, 7) is 5.32. The number of carbonyl (C=O) groups excluding carboxylic acids is 1. The minimum atomic E-state index is -0.227. The fraction of sp³-hybridized carbons (Fsp3) is 0.0833. The van der Waals surface area contributed by atoms with Crippen LogP contribution < -0.4 is 5.32 Å². The number of anilines is 1. The highest BCUT2D eigenvalue weighted by molar-refractivity contribution is 5.98. The first-order chi connectivity index (χ1) is 8.20. The molecule has 17 heavy (non-hydrogen) atoms. The molecule has 2 rings (SSSR count). The van der Waals surface area contributed by atoms with Crippen LogP contribution in [0.25, 0.3) is 5.69 Å². The average molecular weight is 228 g/mol. The van der Waals surface area contributed by atoms with E-state index in [1.165, 1.54) is 6.08 Å². The van der Waals surface area contributed by atoms with Crippen LogP contribution in [-0.2, 0) is 4.79 Å². The van der Waals surface area contributed by atoms with Crippen LogP contribution in [0.4, 0.5) is 5.69 Å². The number of amides is 1. The summed E-state index contributed by atoms with van der Waals surface area (Å²) in [7, 11) is 0. The molecule has 0 saturated heterocycles. The van der Waals surface area contributed by atoms with Crippen LogP contribution in [0.1, 0.15) is 5.69 Å². The molecule has 0 bridgehead atoms. The predicted molar refractivity (Wildman–Crippen MR) is 64.9 cm³/mol. The van der Waals surface area contributed by atoms with Gasteiger partial charge in [0, 0.05) is 5.69 Å². The van der Waals surface area contributed by atoms with Crippen molar-refractivity contribution in [2.45, 2.75) is 6.92 Å². The van der Waals surface area contributed by atoms with E-state index in [4.69, 9.17) is 0 Å². The molecule has 1 heterocycles.